The molecule has 2 aromatic carbocycles. The summed E-state index contributed by atoms with van der Waals surface area (Å²) in [4.78, 5) is 25.5. The van der Waals surface area contributed by atoms with Gasteiger partial charge in [-0.1, -0.05) is 24.3 Å². The second kappa shape index (κ2) is 9.44. The number of aromatic nitrogens is 2. The molecule has 0 aliphatic rings. The van der Waals surface area contributed by atoms with E-state index in [1.165, 1.54) is 24.3 Å². The van der Waals surface area contributed by atoms with Crippen LogP contribution in [0, 0.1) is 10.1 Å². The number of thiophene rings is 1. The summed E-state index contributed by atoms with van der Waals surface area (Å²) in [5.41, 5.74) is 2.66. The third-order valence-electron chi connectivity index (χ3n) is 4.81. The largest absolute Gasteiger partial charge is 0.484 e. The molecule has 1 amide bonds. The van der Waals surface area contributed by atoms with Crippen molar-refractivity contribution in [2.24, 2.45) is 0 Å². The lowest BCUT2D eigenvalue weighted by molar-refractivity contribution is -0.384. The zero-order chi connectivity index (χ0) is 22.5. The molecule has 0 N–H and O–H groups in total. The van der Waals surface area contributed by atoms with E-state index in [0.717, 1.165) is 21.8 Å². The van der Waals surface area contributed by atoms with Crippen LogP contribution in [0.25, 0.3) is 16.3 Å². The Kier molecular flexibility index (Phi) is 6.27. The van der Waals surface area contributed by atoms with Gasteiger partial charge in [0.1, 0.15) is 11.4 Å². The molecule has 0 bridgehead atoms. The van der Waals surface area contributed by atoms with Gasteiger partial charge in [-0.3, -0.25) is 14.9 Å². The van der Waals surface area contributed by atoms with E-state index in [1.54, 1.807) is 23.3 Å². The number of para-hydroxylation sites is 1. The molecule has 0 spiro atoms. The van der Waals surface area contributed by atoms with Crippen LogP contribution in [0.15, 0.2) is 78.3 Å². The molecule has 0 aliphatic heterocycles. The zero-order valence-electron chi connectivity index (χ0n) is 17.2. The van der Waals surface area contributed by atoms with Gasteiger partial charge in [-0.2, -0.15) is 5.10 Å². The maximum absolute atomic E-state index is 12.6. The van der Waals surface area contributed by atoms with E-state index in [1.807, 2.05) is 58.7 Å². The van der Waals surface area contributed by atoms with Crippen LogP contribution < -0.4 is 4.74 Å². The summed E-state index contributed by atoms with van der Waals surface area (Å²) < 4.78 is 7.32. The Balaban J connectivity index is 1.47. The molecule has 0 saturated heterocycles. The molecule has 0 unspecified atom stereocenters. The minimum Gasteiger partial charge on any atom is -0.484 e. The smallest absolute Gasteiger partial charge is 0.269 e. The van der Waals surface area contributed by atoms with Crippen molar-refractivity contribution in [1.29, 1.82) is 0 Å². The lowest BCUT2D eigenvalue weighted by Gasteiger charge is -2.17. The first-order chi connectivity index (χ1) is 15.5. The lowest BCUT2D eigenvalue weighted by atomic mass is 10.2. The number of amides is 1. The van der Waals surface area contributed by atoms with Gasteiger partial charge < -0.3 is 9.64 Å². The van der Waals surface area contributed by atoms with Crippen molar-refractivity contribution in [2.75, 3.05) is 13.7 Å². The van der Waals surface area contributed by atoms with Crippen molar-refractivity contribution in [2.45, 2.75) is 6.54 Å². The van der Waals surface area contributed by atoms with Crippen molar-refractivity contribution in [3.63, 3.8) is 0 Å². The first-order valence-electron chi connectivity index (χ1n) is 9.80. The SMILES string of the molecule is CN(Cc1cn(-c2ccccc2)nc1-c1cccs1)C(=O)COc1ccc([N+](=O)[O-])cc1. The summed E-state index contributed by atoms with van der Waals surface area (Å²) in [6.07, 6.45) is 1.94. The van der Waals surface area contributed by atoms with E-state index in [0.29, 0.717) is 12.3 Å². The summed E-state index contributed by atoms with van der Waals surface area (Å²) in [7, 11) is 1.71. The molecular formula is C23H20N4O4S. The number of carbonyl (C=O) groups is 1. The highest BCUT2D eigenvalue weighted by Gasteiger charge is 2.18. The van der Waals surface area contributed by atoms with E-state index >= 15 is 0 Å². The second-order valence-corrected chi connectivity index (χ2v) is 8.00. The third kappa shape index (κ3) is 4.84. The number of nitrogens with zero attached hydrogens (tertiary/aromatic N) is 4. The first-order valence-corrected chi connectivity index (χ1v) is 10.7. The van der Waals surface area contributed by atoms with E-state index in [4.69, 9.17) is 9.84 Å². The van der Waals surface area contributed by atoms with Crippen LogP contribution in [0.3, 0.4) is 0 Å². The van der Waals surface area contributed by atoms with Crippen molar-refractivity contribution >= 4 is 22.9 Å². The molecule has 32 heavy (non-hydrogen) atoms. The summed E-state index contributed by atoms with van der Waals surface area (Å²) in [6, 6.07) is 19.4. The van der Waals surface area contributed by atoms with Gasteiger partial charge >= 0.3 is 0 Å². The van der Waals surface area contributed by atoms with Crippen LogP contribution in [-0.4, -0.2) is 39.2 Å². The molecule has 0 radical (unpaired) electrons. The van der Waals surface area contributed by atoms with Gasteiger partial charge in [0, 0.05) is 37.5 Å². The number of nitro groups is 1. The minimum atomic E-state index is -0.483. The Morgan fingerprint density at radius 3 is 2.53 bits per heavy atom. The third-order valence-corrected chi connectivity index (χ3v) is 5.69. The standard InChI is InChI=1S/C23H20N4O4S/c1-25(22(28)16-31-20-11-9-19(10-12-20)27(29)30)14-17-15-26(18-6-3-2-4-7-18)24-23(17)21-8-5-13-32-21/h2-13,15H,14,16H2,1H3. The zero-order valence-corrected chi connectivity index (χ0v) is 18.1. The molecule has 4 rings (SSSR count). The van der Waals surface area contributed by atoms with Gasteiger partial charge in [0.25, 0.3) is 11.6 Å². The fraction of sp³-hybridized carbons (Fsp3) is 0.130. The summed E-state index contributed by atoms with van der Waals surface area (Å²) in [5, 5.41) is 17.5. The van der Waals surface area contributed by atoms with Gasteiger partial charge in [-0.05, 0) is 35.7 Å². The van der Waals surface area contributed by atoms with Crippen LogP contribution in [0.5, 0.6) is 5.75 Å². The average molecular weight is 449 g/mol. The Labute approximate surface area is 188 Å². The topological polar surface area (TPSA) is 90.5 Å². The highest BCUT2D eigenvalue weighted by atomic mass is 32.1. The number of likely N-dealkylation sites (N-methyl/N-ethyl adjacent to an activating group) is 1. The maximum Gasteiger partial charge on any atom is 0.269 e. The molecule has 0 aliphatic carbocycles. The molecule has 0 atom stereocenters. The van der Waals surface area contributed by atoms with E-state index in [-0.39, 0.29) is 18.2 Å². The molecule has 2 aromatic heterocycles. The molecule has 0 fully saturated rings. The number of non-ortho nitro benzene ring substituents is 1. The second-order valence-electron chi connectivity index (χ2n) is 7.05. The summed E-state index contributed by atoms with van der Waals surface area (Å²) in [5.74, 6) is 0.182. The number of hydrogen-bond acceptors (Lipinski definition) is 6. The molecule has 4 aromatic rings. The molecular weight excluding hydrogens is 428 g/mol. The molecule has 162 valence electrons. The van der Waals surface area contributed by atoms with Gasteiger partial charge in [0.2, 0.25) is 0 Å². The van der Waals surface area contributed by atoms with Crippen LogP contribution in [0.1, 0.15) is 5.56 Å². The van der Waals surface area contributed by atoms with Gasteiger partial charge in [-0.25, -0.2) is 4.68 Å². The quantitative estimate of drug-likeness (QED) is 0.291. The molecule has 8 nitrogen and oxygen atoms in total. The van der Waals surface area contributed by atoms with E-state index in [9.17, 15) is 14.9 Å². The number of benzene rings is 2. The predicted octanol–water partition coefficient (Wildman–Crippen LogP) is 4.55. The monoisotopic (exact) mass is 448 g/mol. The lowest BCUT2D eigenvalue weighted by Crippen LogP contribution is -2.31. The Bertz CT molecular complexity index is 1200. The number of carbonyl (C=O) groups excluding carboxylic acids is 1. The van der Waals surface area contributed by atoms with Crippen LogP contribution >= 0.6 is 11.3 Å². The maximum atomic E-state index is 12.6. The van der Waals surface area contributed by atoms with Gasteiger partial charge in [0.05, 0.1) is 15.5 Å². The average Bonchev–Trinajstić information content (AvgIpc) is 3.48. The van der Waals surface area contributed by atoms with Gasteiger partial charge in [-0.15, -0.1) is 11.3 Å². The number of ether oxygens (including phenoxy) is 1. The number of rotatable bonds is 8. The fourth-order valence-corrected chi connectivity index (χ4v) is 3.87. The van der Waals surface area contributed by atoms with Crippen molar-refractivity contribution in [3.05, 3.63) is 94.0 Å². The highest BCUT2D eigenvalue weighted by molar-refractivity contribution is 7.13. The minimum absolute atomic E-state index is 0.0303. The molecule has 2 heterocycles. The van der Waals surface area contributed by atoms with Crippen LogP contribution in [0.2, 0.25) is 0 Å². The van der Waals surface area contributed by atoms with Crippen molar-refractivity contribution in [1.82, 2.24) is 14.7 Å². The van der Waals surface area contributed by atoms with Crippen molar-refractivity contribution in [3.8, 4) is 22.0 Å². The Hall–Kier alpha value is -3.98. The Morgan fingerprint density at radius 2 is 1.88 bits per heavy atom. The first kappa shape index (κ1) is 21.3. The summed E-state index contributed by atoms with van der Waals surface area (Å²) in [6.45, 7) is 0.192. The molecule has 9 heteroatoms. The predicted molar refractivity (Wildman–Crippen MR) is 122 cm³/mol. The van der Waals surface area contributed by atoms with Gasteiger partial charge in [0.15, 0.2) is 6.61 Å². The van der Waals surface area contributed by atoms with E-state index < -0.39 is 4.92 Å². The van der Waals surface area contributed by atoms with Crippen LogP contribution in [0.4, 0.5) is 5.69 Å². The van der Waals surface area contributed by atoms with Crippen molar-refractivity contribution < 1.29 is 14.5 Å². The molecule has 0 saturated carbocycles. The van der Waals surface area contributed by atoms with E-state index in [2.05, 4.69) is 0 Å². The number of hydrogen-bond donors (Lipinski definition) is 0. The Morgan fingerprint density at radius 1 is 1.12 bits per heavy atom. The summed E-state index contributed by atoms with van der Waals surface area (Å²) >= 11 is 1.59. The highest BCUT2D eigenvalue weighted by Crippen LogP contribution is 2.28. The number of nitro benzene ring substituents is 1. The normalized spacial score (nSPS) is 10.7. The van der Waals surface area contributed by atoms with Crippen LogP contribution in [-0.2, 0) is 11.3 Å². The fourth-order valence-electron chi connectivity index (χ4n) is 3.12.